The van der Waals surface area contributed by atoms with Crippen molar-refractivity contribution in [2.75, 3.05) is 18.4 Å². The average Bonchev–Trinajstić information content (AvgIpc) is 2.43. The van der Waals surface area contributed by atoms with E-state index in [2.05, 4.69) is 17.2 Å². The third-order valence-corrected chi connectivity index (χ3v) is 3.81. The molecule has 1 aliphatic heterocycles. The van der Waals surface area contributed by atoms with Crippen LogP contribution in [0, 0.1) is 11.7 Å². The molecule has 110 valence electrons. The maximum Gasteiger partial charge on any atom is 0.257 e. The minimum absolute atomic E-state index is 0.132. The summed E-state index contributed by atoms with van der Waals surface area (Å²) in [4.78, 5) is 18.5. The lowest BCUT2D eigenvalue weighted by atomic mass is 9.94. The molecular formula is C15H22FN3O. The van der Waals surface area contributed by atoms with E-state index in [0.717, 1.165) is 25.6 Å². The van der Waals surface area contributed by atoms with E-state index >= 15 is 0 Å². The molecule has 0 saturated carbocycles. The molecule has 1 fully saturated rings. The van der Waals surface area contributed by atoms with Crippen molar-refractivity contribution in [2.24, 2.45) is 5.92 Å². The van der Waals surface area contributed by atoms with Gasteiger partial charge in [0.2, 0.25) is 0 Å². The summed E-state index contributed by atoms with van der Waals surface area (Å²) in [6, 6.07) is 1.47. The van der Waals surface area contributed by atoms with Gasteiger partial charge < -0.3 is 10.2 Å². The fraction of sp³-hybridized carbons (Fsp3) is 0.600. The van der Waals surface area contributed by atoms with E-state index in [0.29, 0.717) is 23.8 Å². The Hall–Kier alpha value is -1.65. The van der Waals surface area contributed by atoms with Crippen molar-refractivity contribution in [3.8, 4) is 0 Å². The van der Waals surface area contributed by atoms with Gasteiger partial charge in [-0.3, -0.25) is 4.79 Å². The van der Waals surface area contributed by atoms with Crippen LogP contribution in [-0.2, 0) is 0 Å². The molecule has 2 heterocycles. The lowest BCUT2D eigenvalue weighted by Crippen LogP contribution is -2.45. The number of hydrogen-bond donors (Lipinski definition) is 1. The first-order valence-corrected chi connectivity index (χ1v) is 7.23. The fourth-order valence-corrected chi connectivity index (χ4v) is 2.64. The van der Waals surface area contributed by atoms with Gasteiger partial charge in [-0.15, -0.1) is 0 Å². The van der Waals surface area contributed by atoms with Crippen LogP contribution in [0.5, 0.6) is 0 Å². The Kier molecular flexibility index (Phi) is 4.57. The van der Waals surface area contributed by atoms with E-state index in [9.17, 15) is 9.18 Å². The number of amides is 1. The largest absolute Gasteiger partial charge is 0.370 e. The predicted molar refractivity (Wildman–Crippen MR) is 77.3 cm³/mol. The Labute approximate surface area is 119 Å². The lowest BCUT2D eigenvalue weighted by Gasteiger charge is -2.37. The van der Waals surface area contributed by atoms with Gasteiger partial charge in [0.25, 0.3) is 5.91 Å². The molecule has 0 aromatic carbocycles. The first-order valence-electron chi connectivity index (χ1n) is 7.23. The van der Waals surface area contributed by atoms with Crippen LogP contribution in [0.4, 0.5) is 10.2 Å². The van der Waals surface area contributed by atoms with E-state index in [4.69, 9.17) is 0 Å². The van der Waals surface area contributed by atoms with E-state index in [1.54, 1.807) is 0 Å². The predicted octanol–water partition coefficient (Wildman–Crippen LogP) is 2.91. The van der Waals surface area contributed by atoms with E-state index < -0.39 is 5.82 Å². The number of anilines is 1. The molecule has 4 nitrogen and oxygen atoms in total. The molecular weight excluding hydrogens is 257 g/mol. The van der Waals surface area contributed by atoms with Gasteiger partial charge in [0.05, 0.1) is 11.8 Å². The van der Waals surface area contributed by atoms with Gasteiger partial charge >= 0.3 is 0 Å². The van der Waals surface area contributed by atoms with Crippen LogP contribution in [0.2, 0.25) is 0 Å². The quantitative estimate of drug-likeness (QED) is 0.925. The van der Waals surface area contributed by atoms with Gasteiger partial charge in [0, 0.05) is 19.1 Å². The third kappa shape index (κ3) is 3.08. The van der Waals surface area contributed by atoms with Gasteiger partial charge in [-0.25, -0.2) is 9.37 Å². The highest BCUT2D eigenvalue weighted by Crippen LogP contribution is 2.25. The molecule has 2 rings (SSSR count). The number of nitrogens with one attached hydrogen (secondary N) is 1. The smallest absolute Gasteiger partial charge is 0.257 e. The van der Waals surface area contributed by atoms with Gasteiger partial charge in [-0.2, -0.15) is 0 Å². The molecule has 0 aliphatic carbocycles. The monoisotopic (exact) mass is 279 g/mol. The van der Waals surface area contributed by atoms with Crippen molar-refractivity contribution in [3.63, 3.8) is 0 Å². The number of piperidine rings is 1. The second kappa shape index (κ2) is 6.20. The summed E-state index contributed by atoms with van der Waals surface area (Å²) in [5.74, 6) is 0.336. The van der Waals surface area contributed by atoms with Crippen molar-refractivity contribution < 1.29 is 9.18 Å². The Bertz CT molecular complexity index is 492. The molecule has 0 radical (unpaired) electrons. The van der Waals surface area contributed by atoms with Crippen LogP contribution in [0.25, 0.3) is 0 Å². The molecule has 1 N–H and O–H groups in total. The standard InChI is InChI=1S/C15H22FN3O/c1-4-17-14-13(7-12(16)8-18-14)15(20)19-9-10(2)5-6-11(19)3/h7-8,10-11H,4-6,9H2,1-3H3,(H,17,18). The van der Waals surface area contributed by atoms with Gasteiger partial charge in [0.15, 0.2) is 0 Å². The number of carbonyl (C=O) groups is 1. The number of hydrogen-bond acceptors (Lipinski definition) is 3. The Morgan fingerprint density at radius 1 is 1.50 bits per heavy atom. The maximum absolute atomic E-state index is 13.4. The van der Waals surface area contributed by atoms with Crippen LogP contribution >= 0.6 is 0 Å². The van der Waals surface area contributed by atoms with E-state index in [-0.39, 0.29) is 11.9 Å². The summed E-state index contributed by atoms with van der Waals surface area (Å²) >= 11 is 0. The van der Waals surface area contributed by atoms with E-state index in [1.807, 2.05) is 18.7 Å². The van der Waals surface area contributed by atoms with Crippen LogP contribution < -0.4 is 5.32 Å². The molecule has 20 heavy (non-hydrogen) atoms. The summed E-state index contributed by atoms with van der Waals surface area (Å²) in [6.07, 6.45) is 3.26. The Morgan fingerprint density at radius 2 is 2.25 bits per heavy atom. The lowest BCUT2D eigenvalue weighted by molar-refractivity contribution is 0.0574. The molecule has 1 aliphatic rings. The highest BCUT2D eigenvalue weighted by Gasteiger charge is 2.29. The van der Waals surface area contributed by atoms with Gasteiger partial charge in [-0.05, 0) is 38.7 Å². The molecule has 1 aromatic rings. The number of nitrogens with zero attached hydrogens (tertiary/aromatic N) is 2. The SMILES string of the molecule is CCNc1ncc(F)cc1C(=O)N1CC(C)CCC1C. The first kappa shape index (κ1) is 14.8. The average molecular weight is 279 g/mol. The van der Waals surface area contributed by atoms with Crippen molar-refractivity contribution in [1.29, 1.82) is 0 Å². The zero-order valence-corrected chi connectivity index (χ0v) is 12.3. The van der Waals surface area contributed by atoms with Gasteiger partial charge in [-0.1, -0.05) is 6.92 Å². The van der Waals surface area contributed by atoms with Crippen molar-refractivity contribution in [1.82, 2.24) is 9.88 Å². The van der Waals surface area contributed by atoms with Crippen molar-refractivity contribution in [2.45, 2.75) is 39.7 Å². The minimum atomic E-state index is -0.479. The number of pyridine rings is 1. The second-order valence-electron chi connectivity index (χ2n) is 5.57. The topological polar surface area (TPSA) is 45.2 Å². The fourth-order valence-electron chi connectivity index (χ4n) is 2.64. The number of likely N-dealkylation sites (tertiary alicyclic amines) is 1. The van der Waals surface area contributed by atoms with Crippen LogP contribution in [-0.4, -0.2) is 34.9 Å². The molecule has 1 amide bonds. The number of rotatable bonds is 3. The Balaban J connectivity index is 2.29. The molecule has 1 aromatic heterocycles. The van der Waals surface area contributed by atoms with Crippen LogP contribution in [0.1, 0.15) is 44.0 Å². The van der Waals surface area contributed by atoms with Crippen molar-refractivity contribution >= 4 is 11.7 Å². The molecule has 2 unspecified atom stereocenters. The second-order valence-corrected chi connectivity index (χ2v) is 5.57. The summed E-state index contributed by atoms with van der Waals surface area (Å²) in [7, 11) is 0. The summed E-state index contributed by atoms with van der Waals surface area (Å²) in [5.41, 5.74) is 0.327. The Morgan fingerprint density at radius 3 is 2.95 bits per heavy atom. The first-order chi connectivity index (χ1) is 9.52. The highest BCUT2D eigenvalue weighted by molar-refractivity contribution is 5.99. The molecule has 5 heteroatoms. The summed E-state index contributed by atoms with van der Waals surface area (Å²) in [5, 5.41) is 3.02. The molecule has 0 spiro atoms. The zero-order chi connectivity index (χ0) is 14.7. The van der Waals surface area contributed by atoms with Crippen LogP contribution in [0.3, 0.4) is 0 Å². The highest BCUT2D eigenvalue weighted by atomic mass is 19.1. The van der Waals surface area contributed by atoms with Gasteiger partial charge in [0.1, 0.15) is 11.6 Å². The zero-order valence-electron chi connectivity index (χ0n) is 12.3. The third-order valence-electron chi connectivity index (χ3n) is 3.81. The molecule has 1 saturated heterocycles. The summed E-state index contributed by atoms with van der Waals surface area (Å²) < 4.78 is 13.4. The molecule has 2 atom stereocenters. The minimum Gasteiger partial charge on any atom is -0.370 e. The van der Waals surface area contributed by atoms with E-state index in [1.165, 1.54) is 6.07 Å². The number of halogens is 1. The number of carbonyl (C=O) groups excluding carboxylic acids is 1. The van der Waals surface area contributed by atoms with Crippen LogP contribution in [0.15, 0.2) is 12.3 Å². The normalized spacial score (nSPS) is 22.7. The maximum atomic E-state index is 13.4. The number of aromatic nitrogens is 1. The molecule has 0 bridgehead atoms. The van der Waals surface area contributed by atoms with Crippen molar-refractivity contribution in [3.05, 3.63) is 23.6 Å². The summed E-state index contributed by atoms with van der Waals surface area (Å²) in [6.45, 7) is 7.47.